The van der Waals surface area contributed by atoms with Crippen molar-refractivity contribution in [3.8, 4) is 0 Å². The highest BCUT2D eigenvalue weighted by atomic mass is 16.2. The van der Waals surface area contributed by atoms with Crippen LogP contribution < -0.4 is 10.7 Å². The lowest BCUT2D eigenvalue weighted by molar-refractivity contribution is -0.114. The summed E-state index contributed by atoms with van der Waals surface area (Å²) in [4.78, 5) is 23.1. The highest BCUT2D eigenvalue weighted by Crippen LogP contribution is 2.14. The average Bonchev–Trinajstić information content (AvgIpc) is 2.49. The Morgan fingerprint density at radius 3 is 2.12 bits per heavy atom. The Hall–Kier alpha value is -2.95. The number of nitrogens with one attached hydrogen (secondary N) is 2. The predicted octanol–water partition coefficient (Wildman–Crippen LogP) is 3.33. The Morgan fingerprint density at radius 1 is 1.00 bits per heavy atom. The van der Waals surface area contributed by atoms with Crippen LogP contribution in [0.25, 0.3) is 0 Å². The summed E-state index contributed by atoms with van der Waals surface area (Å²) in [6.45, 7) is 7.52. The normalized spacial score (nSPS) is 10.7. The van der Waals surface area contributed by atoms with Gasteiger partial charge in [0.2, 0.25) is 5.91 Å². The van der Waals surface area contributed by atoms with Gasteiger partial charge in [-0.15, -0.1) is 0 Å². The minimum atomic E-state index is -0.303. The molecule has 5 nitrogen and oxygen atoms in total. The monoisotopic (exact) mass is 323 g/mol. The summed E-state index contributed by atoms with van der Waals surface area (Å²) in [5, 5.41) is 6.70. The number of amides is 2. The first kappa shape index (κ1) is 17.4. The zero-order valence-electron chi connectivity index (χ0n) is 14.3. The molecule has 0 aromatic heterocycles. The molecule has 2 rings (SSSR count). The van der Waals surface area contributed by atoms with Gasteiger partial charge in [-0.3, -0.25) is 9.59 Å². The van der Waals surface area contributed by atoms with Crippen molar-refractivity contribution in [3.05, 3.63) is 64.2 Å². The van der Waals surface area contributed by atoms with Crippen molar-refractivity contribution < 1.29 is 9.59 Å². The number of aryl methyl sites for hydroxylation is 3. The van der Waals surface area contributed by atoms with Crippen LogP contribution >= 0.6 is 0 Å². The van der Waals surface area contributed by atoms with Crippen molar-refractivity contribution in [2.45, 2.75) is 27.7 Å². The van der Waals surface area contributed by atoms with Crippen LogP contribution in [-0.4, -0.2) is 18.0 Å². The molecule has 2 amide bonds. The van der Waals surface area contributed by atoms with Gasteiger partial charge < -0.3 is 5.32 Å². The van der Waals surface area contributed by atoms with Gasteiger partial charge in [-0.25, -0.2) is 5.43 Å². The van der Waals surface area contributed by atoms with Gasteiger partial charge >= 0.3 is 0 Å². The predicted molar refractivity (Wildman–Crippen MR) is 96.5 cm³/mol. The summed E-state index contributed by atoms with van der Waals surface area (Å²) >= 11 is 0. The van der Waals surface area contributed by atoms with Crippen LogP contribution in [0.4, 0.5) is 5.69 Å². The topological polar surface area (TPSA) is 70.6 Å². The van der Waals surface area contributed by atoms with Gasteiger partial charge in [0.25, 0.3) is 5.91 Å². The molecule has 0 radical (unpaired) electrons. The Kier molecular flexibility index (Phi) is 5.47. The van der Waals surface area contributed by atoms with Gasteiger partial charge in [0, 0.05) is 23.7 Å². The third-order valence-corrected chi connectivity index (χ3v) is 3.57. The maximum absolute atomic E-state index is 12.1. The summed E-state index contributed by atoms with van der Waals surface area (Å²) in [6, 6.07) is 10.8. The standard InChI is InChI=1S/C19H21N3O2/c1-12-9-13(2)18(14(3)10-12)11-20-22-19(24)16-5-7-17(8-6-16)21-15(4)23/h5-11H,1-4H3,(H,21,23)(H,22,24). The molecule has 0 heterocycles. The molecular formula is C19H21N3O2. The molecule has 0 spiro atoms. The molecule has 2 N–H and O–H groups in total. The van der Waals surface area contributed by atoms with Crippen LogP contribution in [0, 0.1) is 20.8 Å². The third-order valence-electron chi connectivity index (χ3n) is 3.57. The van der Waals surface area contributed by atoms with Crippen LogP contribution in [0.1, 0.15) is 39.5 Å². The van der Waals surface area contributed by atoms with E-state index in [-0.39, 0.29) is 11.8 Å². The lowest BCUT2D eigenvalue weighted by atomic mass is 10.0. The third kappa shape index (κ3) is 4.52. The smallest absolute Gasteiger partial charge is 0.271 e. The number of carbonyl (C=O) groups excluding carboxylic acids is 2. The Bertz CT molecular complexity index is 770. The summed E-state index contributed by atoms with van der Waals surface area (Å²) < 4.78 is 0. The van der Waals surface area contributed by atoms with Crippen molar-refractivity contribution in [3.63, 3.8) is 0 Å². The molecule has 2 aromatic rings. The molecule has 0 fully saturated rings. The zero-order valence-corrected chi connectivity index (χ0v) is 14.3. The molecule has 2 aromatic carbocycles. The molecule has 124 valence electrons. The molecule has 0 bridgehead atoms. The Labute approximate surface area is 141 Å². The second-order valence-corrected chi connectivity index (χ2v) is 5.77. The van der Waals surface area contributed by atoms with Gasteiger partial charge in [-0.1, -0.05) is 17.7 Å². The summed E-state index contributed by atoms with van der Waals surface area (Å²) in [5.41, 5.74) is 8.07. The first-order valence-corrected chi connectivity index (χ1v) is 7.65. The first-order valence-electron chi connectivity index (χ1n) is 7.65. The second kappa shape index (κ2) is 7.55. The number of hydrogen-bond donors (Lipinski definition) is 2. The number of benzene rings is 2. The largest absolute Gasteiger partial charge is 0.326 e. The van der Waals surface area contributed by atoms with Crippen LogP contribution in [0.2, 0.25) is 0 Å². The van der Waals surface area contributed by atoms with Crippen molar-refractivity contribution in [1.82, 2.24) is 5.43 Å². The van der Waals surface area contributed by atoms with Gasteiger partial charge in [-0.2, -0.15) is 5.10 Å². The number of hydrazone groups is 1. The minimum Gasteiger partial charge on any atom is -0.326 e. The number of anilines is 1. The summed E-state index contributed by atoms with van der Waals surface area (Å²) in [7, 11) is 0. The fraction of sp³-hybridized carbons (Fsp3) is 0.211. The molecule has 5 heteroatoms. The van der Waals surface area contributed by atoms with Crippen molar-refractivity contribution in [1.29, 1.82) is 0 Å². The SMILES string of the molecule is CC(=O)Nc1ccc(C(=O)NN=Cc2c(C)cc(C)cc2C)cc1. The van der Waals surface area contributed by atoms with Crippen molar-refractivity contribution in [2.24, 2.45) is 5.10 Å². The number of nitrogens with zero attached hydrogens (tertiary/aromatic N) is 1. The molecule has 0 saturated heterocycles. The summed E-state index contributed by atoms with van der Waals surface area (Å²) in [6.07, 6.45) is 1.66. The van der Waals surface area contributed by atoms with E-state index in [0.717, 1.165) is 16.7 Å². The minimum absolute atomic E-state index is 0.152. The van der Waals surface area contributed by atoms with Gasteiger partial charge in [0.1, 0.15) is 0 Å². The highest BCUT2D eigenvalue weighted by molar-refractivity contribution is 5.96. The quantitative estimate of drug-likeness (QED) is 0.669. The second-order valence-electron chi connectivity index (χ2n) is 5.77. The van der Waals surface area contributed by atoms with E-state index in [1.165, 1.54) is 12.5 Å². The molecule has 0 atom stereocenters. The number of carbonyl (C=O) groups is 2. The van der Waals surface area contributed by atoms with Crippen molar-refractivity contribution in [2.75, 3.05) is 5.32 Å². The zero-order chi connectivity index (χ0) is 17.7. The van der Waals surface area contributed by atoms with E-state index in [9.17, 15) is 9.59 Å². The van der Waals surface area contributed by atoms with E-state index in [2.05, 4.69) is 28.0 Å². The van der Waals surface area contributed by atoms with Crippen LogP contribution in [-0.2, 0) is 4.79 Å². The maximum atomic E-state index is 12.1. The Balaban J connectivity index is 2.04. The molecule has 0 aliphatic heterocycles. The molecule has 0 aliphatic rings. The lowest BCUT2D eigenvalue weighted by Gasteiger charge is -2.07. The number of rotatable bonds is 4. The van der Waals surface area contributed by atoms with E-state index in [4.69, 9.17) is 0 Å². The molecule has 0 aliphatic carbocycles. The average molecular weight is 323 g/mol. The van der Waals surface area contributed by atoms with E-state index in [1.54, 1.807) is 30.5 Å². The fourth-order valence-corrected chi connectivity index (χ4v) is 2.52. The summed E-state index contributed by atoms with van der Waals surface area (Å²) in [5.74, 6) is -0.455. The Morgan fingerprint density at radius 2 is 1.58 bits per heavy atom. The van der Waals surface area contributed by atoms with E-state index in [0.29, 0.717) is 11.3 Å². The first-order chi connectivity index (χ1) is 11.4. The molecular weight excluding hydrogens is 302 g/mol. The fourth-order valence-electron chi connectivity index (χ4n) is 2.52. The number of hydrogen-bond acceptors (Lipinski definition) is 3. The maximum Gasteiger partial charge on any atom is 0.271 e. The van der Waals surface area contributed by atoms with E-state index < -0.39 is 0 Å². The van der Waals surface area contributed by atoms with Crippen LogP contribution in [0.5, 0.6) is 0 Å². The highest BCUT2D eigenvalue weighted by Gasteiger charge is 2.05. The molecule has 0 saturated carbocycles. The van der Waals surface area contributed by atoms with Crippen LogP contribution in [0.3, 0.4) is 0 Å². The molecule has 24 heavy (non-hydrogen) atoms. The lowest BCUT2D eigenvalue weighted by Crippen LogP contribution is -2.17. The van der Waals surface area contributed by atoms with E-state index in [1.807, 2.05) is 20.8 Å². The van der Waals surface area contributed by atoms with Gasteiger partial charge in [0.05, 0.1) is 6.21 Å². The van der Waals surface area contributed by atoms with Crippen LogP contribution in [0.15, 0.2) is 41.5 Å². The van der Waals surface area contributed by atoms with Gasteiger partial charge in [0.15, 0.2) is 0 Å². The van der Waals surface area contributed by atoms with Crippen molar-refractivity contribution >= 4 is 23.7 Å². The van der Waals surface area contributed by atoms with E-state index >= 15 is 0 Å². The van der Waals surface area contributed by atoms with Gasteiger partial charge in [-0.05, 0) is 56.2 Å². The molecule has 0 unspecified atom stereocenters.